The van der Waals surface area contributed by atoms with E-state index < -0.39 is 12.6 Å². The summed E-state index contributed by atoms with van der Waals surface area (Å²) in [5, 5.41) is 8.70. The van der Waals surface area contributed by atoms with Gasteiger partial charge in [-0.05, 0) is 42.5 Å². The molecule has 0 aliphatic heterocycles. The topological polar surface area (TPSA) is 68.5 Å². The van der Waals surface area contributed by atoms with Gasteiger partial charge in [-0.2, -0.15) is 14.0 Å². The Bertz CT molecular complexity index is 739. The molecule has 2 aromatic rings. The molecular formula is C16H11F2NO4. The zero-order valence-electron chi connectivity index (χ0n) is 12.0. The Morgan fingerprint density at radius 2 is 1.83 bits per heavy atom. The van der Waals surface area contributed by atoms with Gasteiger partial charge in [0.25, 0.3) is 0 Å². The largest absolute Gasteiger partial charge is 0.493 e. The molecule has 0 atom stereocenters. The summed E-state index contributed by atoms with van der Waals surface area (Å²) < 4.78 is 38.8. The number of halogens is 2. The van der Waals surface area contributed by atoms with Gasteiger partial charge in [0.1, 0.15) is 5.75 Å². The van der Waals surface area contributed by atoms with Gasteiger partial charge in [0.2, 0.25) is 0 Å². The average Bonchev–Trinajstić information content (AvgIpc) is 2.55. The van der Waals surface area contributed by atoms with Crippen LogP contribution in [0.25, 0.3) is 0 Å². The summed E-state index contributed by atoms with van der Waals surface area (Å²) in [4.78, 5) is 12.0. The maximum atomic E-state index is 12.3. The Kier molecular flexibility index (Phi) is 5.10. The monoisotopic (exact) mass is 319 g/mol. The van der Waals surface area contributed by atoms with Gasteiger partial charge in [-0.25, -0.2) is 4.79 Å². The Morgan fingerprint density at radius 1 is 1.13 bits per heavy atom. The third-order valence-electron chi connectivity index (χ3n) is 2.81. The molecule has 0 spiro atoms. The van der Waals surface area contributed by atoms with Crippen molar-refractivity contribution >= 4 is 5.97 Å². The number of rotatable bonds is 5. The zero-order valence-corrected chi connectivity index (χ0v) is 12.0. The van der Waals surface area contributed by atoms with E-state index in [0.717, 1.165) is 0 Å². The van der Waals surface area contributed by atoms with Crippen molar-refractivity contribution in [1.82, 2.24) is 0 Å². The summed E-state index contributed by atoms with van der Waals surface area (Å²) in [5.74, 6) is -0.644. The molecule has 0 unspecified atom stereocenters. The lowest BCUT2D eigenvalue weighted by Gasteiger charge is -2.11. The van der Waals surface area contributed by atoms with Gasteiger partial charge >= 0.3 is 12.6 Å². The standard InChI is InChI=1S/C16H11F2NO4/c1-21-14-8-11(4-7-13(14)23-16(17)18)15(20)22-12-5-2-10(9-19)3-6-12/h2-8,16H,1H3. The van der Waals surface area contributed by atoms with Crippen LogP contribution in [-0.4, -0.2) is 19.7 Å². The fourth-order valence-electron chi connectivity index (χ4n) is 1.75. The highest BCUT2D eigenvalue weighted by Crippen LogP contribution is 2.29. The normalized spacial score (nSPS) is 10.0. The van der Waals surface area contributed by atoms with Crippen molar-refractivity contribution in [2.45, 2.75) is 6.61 Å². The van der Waals surface area contributed by atoms with E-state index in [4.69, 9.17) is 14.7 Å². The van der Waals surface area contributed by atoms with Crippen LogP contribution in [0.5, 0.6) is 17.2 Å². The average molecular weight is 319 g/mol. The second kappa shape index (κ2) is 7.22. The third-order valence-corrected chi connectivity index (χ3v) is 2.81. The van der Waals surface area contributed by atoms with Gasteiger partial charge in [-0.3, -0.25) is 0 Å². The van der Waals surface area contributed by atoms with E-state index in [-0.39, 0.29) is 22.8 Å². The number of carbonyl (C=O) groups excluding carboxylic acids is 1. The number of hydrogen-bond donors (Lipinski definition) is 0. The van der Waals surface area contributed by atoms with Crippen molar-refractivity contribution in [3.63, 3.8) is 0 Å². The van der Waals surface area contributed by atoms with Crippen LogP contribution in [0.2, 0.25) is 0 Å². The van der Waals surface area contributed by atoms with Crippen LogP contribution in [0, 0.1) is 11.3 Å². The molecule has 2 aromatic carbocycles. The quantitative estimate of drug-likeness (QED) is 0.624. The van der Waals surface area contributed by atoms with Crippen LogP contribution in [0.1, 0.15) is 15.9 Å². The predicted molar refractivity (Wildman–Crippen MR) is 75.7 cm³/mol. The molecular weight excluding hydrogens is 308 g/mol. The number of ether oxygens (including phenoxy) is 3. The third kappa shape index (κ3) is 4.17. The van der Waals surface area contributed by atoms with Crippen LogP contribution < -0.4 is 14.2 Å². The highest BCUT2D eigenvalue weighted by atomic mass is 19.3. The fourth-order valence-corrected chi connectivity index (χ4v) is 1.75. The molecule has 0 aromatic heterocycles. The van der Waals surface area contributed by atoms with E-state index in [1.807, 2.05) is 6.07 Å². The number of carbonyl (C=O) groups is 1. The Morgan fingerprint density at radius 3 is 2.39 bits per heavy atom. The minimum Gasteiger partial charge on any atom is -0.493 e. The molecule has 0 aliphatic rings. The minimum absolute atomic E-state index is 0.0143. The molecule has 0 bridgehead atoms. The first-order chi connectivity index (χ1) is 11.0. The fraction of sp³-hybridized carbons (Fsp3) is 0.125. The SMILES string of the molecule is COc1cc(C(=O)Oc2ccc(C#N)cc2)ccc1OC(F)F. The van der Waals surface area contributed by atoms with Crippen LogP contribution in [0.3, 0.4) is 0 Å². The van der Waals surface area contributed by atoms with Gasteiger partial charge in [0.05, 0.1) is 24.3 Å². The summed E-state index contributed by atoms with van der Waals surface area (Å²) in [5.41, 5.74) is 0.535. The highest BCUT2D eigenvalue weighted by molar-refractivity contribution is 5.91. The van der Waals surface area contributed by atoms with Gasteiger partial charge in [-0.1, -0.05) is 0 Å². The van der Waals surface area contributed by atoms with Crippen LogP contribution in [-0.2, 0) is 0 Å². The minimum atomic E-state index is -3.00. The van der Waals surface area contributed by atoms with Crippen molar-refractivity contribution in [2.75, 3.05) is 7.11 Å². The molecule has 0 saturated heterocycles. The van der Waals surface area contributed by atoms with Crippen LogP contribution in [0.4, 0.5) is 8.78 Å². The van der Waals surface area contributed by atoms with Crippen molar-refractivity contribution in [1.29, 1.82) is 5.26 Å². The van der Waals surface area contributed by atoms with E-state index in [0.29, 0.717) is 5.56 Å². The number of esters is 1. The van der Waals surface area contributed by atoms with E-state index in [1.165, 1.54) is 49.6 Å². The lowest BCUT2D eigenvalue weighted by molar-refractivity contribution is -0.0512. The number of benzene rings is 2. The summed E-state index contributed by atoms with van der Waals surface area (Å²) in [7, 11) is 1.27. The van der Waals surface area contributed by atoms with Crippen molar-refractivity contribution in [3.05, 3.63) is 53.6 Å². The van der Waals surface area contributed by atoms with Gasteiger partial charge in [0, 0.05) is 0 Å². The number of nitrogens with zero attached hydrogens (tertiary/aromatic N) is 1. The van der Waals surface area contributed by atoms with Crippen LogP contribution in [0.15, 0.2) is 42.5 Å². The van der Waals surface area contributed by atoms with Crippen LogP contribution >= 0.6 is 0 Å². The molecule has 0 radical (unpaired) electrons. The molecule has 0 aliphatic carbocycles. The molecule has 118 valence electrons. The molecule has 0 fully saturated rings. The van der Waals surface area contributed by atoms with E-state index in [9.17, 15) is 13.6 Å². The number of nitriles is 1. The van der Waals surface area contributed by atoms with Crippen molar-refractivity contribution in [2.24, 2.45) is 0 Å². The first-order valence-electron chi connectivity index (χ1n) is 6.38. The molecule has 2 rings (SSSR count). The Balaban J connectivity index is 2.17. The maximum Gasteiger partial charge on any atom is 0.387 e. The Hall–Kier alpha value is -3.14. The summed E-state index contributed by atoms with van der Waals surface area (Å²) in [6, 6.07) is 11.6. The number of methoxy groups -OCH3 is 1. The lowest BCUT2D eigenvalue weighted by atomic mass is 10.2. The van der Waals surface area contributed by atoms with Gasteiger partial charge < -0.3 is 14.2 Å². The molecule has 7 heteroatoms. The molecule has 0 amide bonds. The summed E-state index contributed by atoms with van der Waals surface area (Å²) in [6.45, 7) is -3.00. The second-order valence-corrected chi connectivity index (χ2v) is 4.27. The zero-order chi connectivity index (χ0) is 16.8. The summed E-state index contributed by atoms with van der Waals surface area (Å²) >= 11 is 0. The molecule has 5 nitrogen and oxygen atoms in total. The Labute approximate surface area is 130 Å². The molecule has 23 heavy (non-hydrogen) atoms. The van der Waals surface area contributed by atoms with Gasteiger partial charge in [-0.15, -0.1) is 0 Å². The van der Waals surface area contributed by atoms with Crippen molar-refractivity contribution < 1.29 is 27.8 Å². The maximum absolute atomic E-state index is 12.3. The first kappa shape index (κ1) is 16.2. The summed E-state index contributed by atoms with van der Waals surface area (Å²) in [6.07, 6.45) is 0. The molecule has 0 heterocycles. The second-order valence-electron chi connectivity index (χ2n) is 4.27. The van der Waals surface area contributed by atoms with E-state index >= 15 is 0 Å². The smallest absolute Gasteiger partial charge is 0.387 e. The molecule has 0 N–H and O–H groups in total. The lowest BCUT2D eigenvalue weighted by Crippen LogP contribution is -2.10. The van der Waals surface area contributed by atoms with E-state index in [2.05, 4.69) is 4.74 Å². The molecule has 0 saturated carbocycles. The van der Waals surface area contributed by atoms with Gasteiger partial charge in [0.15, 0.2) is 11.5 Å². The highest BCUT2D eigenvalue weighted by Gasteiger charge is 2.15. The number of hydrogen-bond acceptors (Lipinski definition) is 5. The predicted octanol–water partition coefficient (Wildman–Crippen LogP) is 3.39. The number of alkyl halides is 2. The van der Waals surface area contributed by atoms with E-state index in [1.54, 1.807) is 0 Å². The van der Waals surface area contributed by atoms with Crippen molar-refractivity contribution in [3.8, 4) is 23.3 Å². The first-order valence-corrected chi connectivity index (χ1v) is 6.38.